The van der Waals surface area contributed by atoms with Gasteiger partial charge in [0.25, 0.3) is 0 Å². The van der Waals surface area contributed by atoms with Crippen molar-refractivity contribution in [1.82, 2.24) is 0 Å². The van der Waals surface area contributed by atoms with Gasteiger partial charge in [0.05, 0.1) is 0 Å². The number of nitrogens with two attached hydrogens (primary N) is 1. The summed E-state index contributed by atoms with van der Waals surface area (Å²) in [7, 11) is 0. The van der Waals surface area contributed by atoms with E-state index < -0.39 is 11.9 Å². The lowest BCUT2D eigenvalue weighted by atomic mass is 9.83. The minimum absolute atomic E-state index is 0.486. The first-order chi connectivity index (χ1) is 7.49. The number of carbonyl (C=O) groups is 2. The maximum absolute atomic E-state index is 9.10. The van der Waals surface area contributed by atoms with E-state index >= 15 is 0 Å². The number of hydrogen-bond donors (Lipinski definition) is 3. The van der Waals surface area contributed by atoms with Crippen LogP contribution in [-0.2, 0) is 9.59 Å². The lowest BCUT2D eigenvalue weighted by Gasteiger charge is -2.26. The van der Waals surface area contributed by atoms with Gasteiger partial charge in [-0.1, -0.05) is 26.2 Å². The third-order valence-corrected chi connectivity index (χ3v) is 2.91. The summed E-state index contributed by atoms with van der Waals surface area (Å²) in [5, 5.41) is 14.8. The van der Waals surface area contributed by atoms with Crippen LogP contribution < -0.4 is 5.73 Å². The SMILES string of the molecule is CCC(N)C1CCCCC1.O=C(O)C(=O)O. The molecule has 5 heteroatoms. The molecule has 0 spiro atoms. The van der Waals surface area contributed by atoms with Crippen molar-refractivity contribution in [2.75, 3.05) is 0 Å². The largest absolute Gasteiger partial charge is 0.473 e. The number of hydrogen-bond acceptors (Lipinski definition) is 3. The third-order valence-electron chi connectivity index (χ3n) is 2.91. The molecule has 1 unspecified atom stereocenters. The van der Waals surface area contributed by atoms with Crippen molar-refractivity contribution in [1.29, 1.82) is 0 Å². The highest BCUT2D eigenvalue weighted by Gasteiger charge is 2.18. The van der Waals surface area contributed by atoms with E-state index in [-0.39, 0.29) is 0 Å². The Labute approximate surface area is 95.6 Å². The van der Waals surface area contributed by atoms with Crippen LogP contribution in [0.1, 0.15) is 45.4 Å². The summed E-state index contributed by atoms with van der Waals surface area (Å²) in [5.74, 6) is -2.80. The van der Waals surface area contributed by atoms with Gasteiger partial charge in [0.1, 0.15) is 0 Å². The fraction of sp³-hybridized carbons (Fsp3) is 0.818. The molecule has 1 rings (SSSR count). The van der Waals surface area contributed by atoms with E-state index in [0.717, 1.165) is 12.3 Å². The molecule has 1 aliphatic carbocycles. The Morgan fingerprint density at radius 2 is 1.62 bits per heavy atom. The van der Waals surface area contributed by atoms with Crippen molar-refractivity contribution in [2.24, 2.45) is 11.7 Å². The van der Waals surface area contributed by atoms with E-state index in [2.05, 4.69) is 6.92 Å². The average Bonchev–Trinajstić information content (AvgIpc) is 2.30. The monoisotopic (exact) mass is 231 g/mol. The Kier molecular flexibility index (Phi) is 7.54. The van der Waals surface area contributed by atoms with Crippen LogP contribution in [0.5, 0.6) is 0 Å². The van der Waals surface area contributed by atoms with Crippen LogP contribution in [0.2, 0.25) is 0 Å². The van der Waals surface area contributed by atoms with Crippen molar-refractivity contribution in [3.63, 3.8) is 0 Å². The number of aliphatic carboxylic acids is 2. The third kappa shape index (κ3) is 6.40. The van der Waals surface area contributed by atoms with Gasteiger partial charge in [0.15, 0.2) is 0 Å². The molecular formula is C11H21NO4. The molecule has 16 heavy (non-hydrogen) atoms. The van der Waals surface area contributed by atoms with E-state index in [0.29, 0.717) is 6.04 Å². The maximum Gasteiger partial charge on any atom is 0.414 e. The van der Waals surface area contributed by atoms with E-state index in [1.165, 1.54) is 32.1 Å². The van der Waals surface area contributed by atoms with Gasteiger partial charge in [-0.15, -0.1) is 0 Å². The molecule has 0 amide bonds. The van der Waals surface area contributed by atoms with Gasteiger partial charge in [-0.25, -0.2) is 9.59 Å². The quantitative estimate of drug-likeness (QED) is 0.624. The van der Waals surface area contributed by atoms with Gasteiger partial charge in [-0.05, 0) is 25.2 Å². The van der Waals surface area contributed by atoms with Gasteiger partial charge in [0, 0.05) is 6.04 Å². The predicted molar refractivity (Wildman–Crippen MR) is 60.1 cm³/mol. The smallest absolute Gasteiger partial charge is 0.414 e. The van der Waals surface area contributed by atoms with Gasteiger partial charge in [-0.2, -0.15) is 0 Å². The Morgan fingerprint density at radius 1 is 1.19 bits per heavy atom. The Balaban J connectivity index is 0.000000325. The fourth-order valence-corrected chi connectivity index (χ4v) is 1.90. The second-order valence-electron chi connectivity index (χ2n) is 4.08. The van der Waals surface area contributed by atoms with Crippen LogP contribution in [0, 0.1) is 5.92 Å². The van der Waals surface area contributed by atoms with Crippen LogP contribution in [0.3, 0.4) is 0 Å². The Bertz CT molecular complexity index is 212. The number of carboxylic acid groups (broad SMARTS) is 2. The normalized spacial score (nSPS) is 18.1. The van der Waals surface area contributed by atoms with Crippen LogP contribution in [-0.4, -0.2) is 28.2 Å². The summed E-state index contributed by atoms with van der Waals surface area (Å²) in [5.41, 5.74) is 5.95. The molecule has 1 atom stereocenters. The van der Waals surface area contributed by atoms with E-state index in [4.69, 9.17) is 25.5 Å². The second-order valence-corrected chi connectivity index (χ2v) is 4.08. The molecule has 5 nitrogen and oxygen atoms in total. The van der Waals surface area contributed by atoms with Crippen molar-refractivity contribution in [3.8, 4) is 0 Å². The molecule has 0 saturated heterocycles. The zero-order chi connectivity index (χ0) is 12.6. The van der Waals surface area contributed by atoms with Crippen molar-refractivity contribution < 1.29 is 19.8 Å². The summed E-state index contributed by atoms with van der Waals surface area (Å²) in [6.07, 6.45) is 8.19. The lowest BCUT2D eigenvalue weighted by Crippen LogP contribution is -2.30. The minimum atomic E-state index is -1.82. The fourth-order valence-electron chi connectivity index (χ4n) is 1.90. The molecule has 0 aliphatic heterocycles. The van der Waals surface area contributed by atoms with E-state index in [9.17, 15) is 0 Å². The molecule has 94 valence electrons. The first-order valence-corrected chi connectivity index (χ1v) is 5.70. The van der Waals surface area contributed by atoms with Crippen molar-refractivity contribution in [3.05, 3.63) is 0 Å². The summed E-state index contributed by atoms with van der Waals surface area (Å²) in [6.45, 7) is 2.19. The van der Waals surface area contributed by atoms with Crippen LogP contribution in [0.25, 0.3) is 0 Å². The molecule has 0 heterocycles. The van der Waals surface area contributed by atoms with Gasteiger partial charge < -0.3 is 15.9 Å². The average molecular weight is 231 g/mol. The predicted octanol–water partition coefficient (Wildman–Crippen LogP) is 1.46. The molecule has 1 aliphatic rings. The Morgan fingerprint density at radius 3 is 1.94 bits per heavy atom. The topological polar surface area (TPSA) is 101 Å². The molecule has 0 aromatic rings. The van der Waals surface area contributed by atoms with Crippen molar-refractivity contribution in [2.45, 2.75) is 51.5 Å². The van der Waals surface area contributed by atoms with Crippen molar-refractivity contribution >= 4 is 11.9 Å². The first-order valence-electron chi connectivity index (χ1n) is 5.70. The number of rotatable bonds is 2. The highest BCUT2D eigenvalue weighted by Crippen LogP contribution is 2.26. The summed E-state index contributed by atoms with van der Waals surface area (Å²) in [4.78, 5) is 18.2. The van der Waals surface area contributed by atoms with Crippen LogP contribution in [0.4, 0.5) is 0 Å². The maximum atomic E-state index is 9.10. The van der Waals surface area contributed by atoms with Crippen LogP contribution >= 0.6 is 0 Å². The highest BCUT2D eigenvalue weighted by atomic mass is 16.4. The van der Waals surface area contributed by atoms with Gasteiger partial charge in [0.2, 0.25) is 0 Å². The van der Waals surface area contributed by atoms with Gasteiger partial charge >= 0.3 is 11.9 Å². The molecule has 0 aromatic heterocycles. The van der Waals surface area contributed by atoms with E-state index in [1.807, 2.05) is 0 Å². The Hall–Kier alpha value is -1.10. The molecule has 0 radical (unpaired) electrons. The zero-order valence-corrected chi connectivity index (χ0v) is 9.69. The lowest BCUT2D eigenvalue weighted by molar-refractivity contribution is -0.159. The minimum Gasteiger partial charge on any atom is -0.473 e. The molecule has 0 bridgehead atoms. The second kappa shape index (κ2) is 8.10. The van der Waals surface area contributed by atoms with Gasteiger partial charge in [-0.3, -0.25) is 0 Å². The summed E-state index contributed by atoms with van der Waals surface area (Å²) < 4.78 is 0. The number of carboxylic acids is 2. The molecule has 1 fully saturated rings. The summed E-state index contributed by atoms with van der Waals surface area (Å²) >= 11 is 0. The molecular weight excluding hydrogens is 210 g/mol. The standard InChI is InChI=1S/C9H19N.C2H2O4/c1-2-9(10)8-6-4-3-5-7-8;3-1(4)2(5)6/h8-9H,2-7,10H2,1H3;(H,3,4)(H,5,6). The van der Waals surface area contributed by atoms with E-state index in [1.54, 1.807) is 0 Å². The van der Waals surface area contributed by atoms with Crippen LogP contribution in [0.15, 0.2) is 0 Å². The zero-order valence-electron chi connectivity index (χ0n) is 9.69. The molecule has 1 saturated carbocycles. The summed E-state index contributed by atoms with van der Waals surface area (Å²) in [6, 6.07) is 0.486. The molecule has 0 aromatic carbocycles. The first kappa shape index (κ1) is 14.9. The highest BCUT2D eigenvalue weighted by molar-refractivity contribution is 6.27. The molecule has 4 N–H and O–H groups in total.